The van der Waals surface area contributed by atoms with Crippen molar-refractivity contribution in [3.8, 4) is 0 Å². The first-order chi connectivity index (χ1) is 16.1. The van der Waals surface area contributed by atoms with Crippen LogP contribution < -0.4 is 21.9 Å². The molecule has 0 fully saturated rings. The Labute approximate surface area is 198 Å². The smallest absolute Gasteiger partial charge is 0.330 e. The summed E-state index contributed by atoms with van der Waals surface area (Å²) in [5, 5.41) is 4.61. The second-order valence-electron chi connectivity index (χ2n) is 8.46. The highest BCUT2D eigenvalue weighted by Gasteiger charge is 2.20. The lowest BCUT2D eigenvalue weighted by Crippen LogP contribution is -2.38. The average molecular weight is 465 g/mol. The van der Waals surface area contributed by atoms with Crippen molar-refractivity contribution in [2.24, 2.45) is 0 Å². The maximum Gasteiger partial charge on any atom is 0.330 e. The molecule has 0 aliphatic rings. The number of nitrogens with zero attached hydrogens (tertiary/aromatic N) is 4. The molecule has 3 rings (SSSR count). The Morgan fingerprint density at radius 2 is 1.85 bits per heavy atom. The molecule has 2 heterocycles. The van der Waals surface area contributed by atoms with Gasteiger partial charge in [-0.2, -0.15) is 5.10 Å². The molecule has 3 N–H and O–H groups in total. The Hall–Kier alpha value is -3.88. The Morgan fingerprint density at radius 3 is 2.50 bits per heavy atom. The number of carbonyl (C=O) groups excluding carboxylic acids is 1. The van der Waals surface area contributed by atoms with E-state index in [2.05, 4.69) is 34.3 Å². The molecular weight excluding hydrogens is 432 g/mol. The minimum Gasteiger partial charge on any atom is -0.383 e. The van der Waals surface area contributed by atoms with Gasteiger partial charge in [0.15, 0.2) is 5.69 Å². The van der Waals surface area contributed by atoms with E-state index in [4.69, 9.17) is 5.73 Å². The summed E-state index contributed by atoms with van der Waals surface area (Å²) in [4.78, 5) is 40.9. The van der Waals surface area contributed by atoms with Gasteiger partial charge in [0.2, 0.25) is 0 Å². The second kappa shape index (κ2) is 10.4. The van der Waals surface area contributed by atoms with Crippen LogP contribution in [-0.4, -0.2) is 32.3 Å². The van der Waals surface area contributed by atoms with E-state index >= 15 is 0 Å². The quantitative estimate of drug-likeness (QED) is 0.497. The standard InChI is InChI=1S/C25H32N6O3/c1-6-7-14-30-23(26)22(24(33)27-25(30)34)29(5)21(32)13-12-20-17(3)28-31(18(20)4)15-19-10-8-16(2)9-11-19/h8-13H,6-7,14-15,26H2,1-5H3,(H,27,33,34)/b13-12+. The highest BCUT2D eigenvalue weighted by molar-refractivity contribution is 6.04. The number of hydrogen-bond donors (Lipinski definition) is 2. The van der Waals surface area contributed by atoms with Crippen LogP contribution >= 0.6 is 0 Å². The number of likely N-dealkylation sites (N-methyl/N-ethyl adjacent to an activating group) is 1. The number of aryl methyl sites for hydroxylation is 2. The first-order valence-corrected chi connectivity index (χ1v) is 11.3. The van der Waals surface area contributed by atoms with Crippen LogP contribution in [0.1, 0.15) is 47.8 Å². The molecule has 0 bridgehead atoms. The number of amides is 1. The maximum absolute atomic E-state index is 12.9. The van der Waals surface area contributed by atoms with Crippen molar-refractivity contribution < 1.29 is 4.79 Å². The fraction of sp³-hybridized carbons (Fsp3) is 0.360. The van der Waals surface area contributed by atoms with Gasteiger partial charge in [-0.25, -0.2) is 4.79 Å². The maximum atomic E-state index is 12.9. The molecule has 34 heavy (non-hydrogen) atoms. The Kier molecular flexibility index (Phi) is 7.55. The van der Waals surface area contributed by atoms with Gasteiger partial charge in [-0.3, -0.25) is 23.8 Å². The van der Waals surface area contributed by atoms with Gasteiger partial charge < -0.3 is 10.6 Å². The van der Waals surface area contributed by atoms with Crippen molar-refractivity contribution in [3.63, 3.8) is 0 Å². The van der Waals surface area contributed by atoms with Crippen molar-refractivity contribution >= 4 is 23.5 Å². The number of anilines is 2. The molecule has 0 atom stereocenters. The van der Waals surface area contributed by atoms with E-state index in [1.54, 1.807) is 6.08 Å². The topological polar surface area (TPSA) is 119 Å². The van der Waals surface area contributed by atoms with Gasteiger partial charge in [0.25, 0.3) is 11.5 Å². The predicted molar refractivity (Wildman–Crippen MR) is 135 cm³/mol. The van der Waals surface area contributed by atoms with Gasteiger partial charge in [-0.1, -0.05) is 43.2 Å². The van der Waals surface area contributed by atoms with Gasteiger partial charge in [-0.15, -0.1) is 0 Å². The van der Waals surface area contributed by atoms with E-state index in [9.17, 15) is 14.4 Å². The molecule has 0 aliphatic carbocycles. The monoisotopic (exact) mass is 464 g/mol. The number of nitrogen functional groups attached to an aromatic ring is 1. The highest BCUT2D eigenvalue weighted by Crippen LogP contribution is 2.19. The van der Waals surface area contributed by atoms with Crippen LogP contribution in [0, 0.1) is 20.8 Å². The number of aromatic nitrogens is 4. The number of benzene rings is 1. The molecule has 180 valence electrons. The van der Waals surface area contributed by atoms with Crippen LogP contribution in [0.4, 0.5) is 11.5 Å². The zero-order valence-corrected chi connectivity index (χ0v) is 20.4. The van der Waals surface area contributed by atoms with Gasteiger partial charge in [0, 0.05) is 30.9 Å². The zero-order valence-electron chi connectivity index (χ0n) is 20.4. The third-order valence-electron chi connectivity index (χ3n) is 5.90. The summed E-state index contributed by atoms with van der Waals surface area (Å²) in [5.41, 5.74) is 9.68. The fourth-order valence-electron chi connectivity index (χ4n) is 3.79. The van der Waals surface area contributed by atoms with E-state index in [1.807, 2.05) is 32.4 Å². The SMILES string of the molecule is CCCCn1c(N)c(N(C)C(=O)/C=C/c2c(C)nn(Cc3ccc(C)cc3)c2C)c(=O)[nH]c1=O. The number of H-pyrrole nitrogens is 1. The Balaban J connectivity index is 1.85. The Bertz CT molecular complexity index is 1330. The molecular formula is C25H32N6O3. The van der Waals surface area contributed by atoms with E-state index in [0.29, 0.717) is 13.1 Å². The second-order valence-corrected chi connectivity index (χ2v) is 8.46. The lowest BCUT2D eigenvalue weighted by atomic mass is 10.1. The molecule has 0 saturated heterocycles. The van der Waals surface area contributed by atoms with E-state index in [-0.39, 0.29) is 11.5 Å². The van der Waals surface area contributed by atoms with Crippen molar-refractivity contribution in [2.45, 2.75) is 53.6 Å². The molecule has 9 nitrogen and oxygen atoms in total. The summed E-state index contributed by atoms with van der Waals surface area (Å²) in [6.45, 7) is 8.86. The van der Waals surface area contributed by atoms with Gasteiger partial charge in [0.1, 0.15) is 5.82 Å². The largest absolute Gasteiger partial charge is 0.383 e. The number of carbonyl (C=O) groups is 1. The molecule has 3 aromatic rings. The molecule has 9 heteroatoms. The third-order valence-corrected chi connectivity index (χ3v) is 5.90. The summed E-state index contributed by atoms with van der Waals surface area (Å²) in [6, 6.07) is 8.27. The minimum atomic E-state index is -0.697. The van der Waals surface area contributed by atoms with Crippen LogP contribution in [0.3, 0.4) is 0 Å². The van der Waals surface area contributed by atoms with E-state index in [0.717, 1.165) is 40.3 Å². The van der Waals surface area contributed by atoms with Crippen LogP contribution in [0.15, 0.2) is 39.9 Å². The average Bonchev–Trinajstić information content (AvgIpc) is 3.05. The molecule has 2 aromatic heterocycles. The number of rotatable bonds is 8. The molecule has 0 radical (unpaired) electrons. The summed E-state index contributed by atoms with van der Waals surface area (Å²) in [5.74, 6) is -0.465. The van der Waals surface area contributed by atoms with Crippen molar-refractivity contribution in [1.29, 1.82) is 0 Å². The van der Waals surface area contributed by atoms with Crippen LogP contribution in [0.5, 0.6) is 0 Å². The van der Waals surface area contributed by atoms with E-state index < -0.39 is 17.2 Å². The molecule has 0 saturated carbocycles. The van der Waals surface area contributed by atoms with E-state index in [1.165, 1.54) is 23.3 Å². The van der Waals surface area contributed by atoms with Crippen LogP contribution in [-0.2, 0) is 17.9 Å². The highest BCUT2D eigenvalue weighted by atomic mass is 16.2. The normalized spacial score (nSPS) is 11.3. The lowest BCUT2D eigenvalue weighted by Gasteiger charge is -2.19. The number of unbranched alkanes of at least 4 members (excludes halogenated alkanes) is 1. The number of aromatic amines is 1. The third kappa shape index (κ3) is 5.19. The summed E-state index contributed by atoms with van der Waals surface area (Å²) in [7, 11) is 1.46. The lowest BCUT2D eigenvalue weighted by molar-refractivity contribution is -0.113. The number of nitrogens with two attached hydrogens (primary N) is 1. The minimum absolute atomic E-state index is 0.0234. The number of hydrogen-bond acceptors (Lipinski definition) is 5. The molecule has 0 unspecified atom stereocenters. The van der Waals surface area contributed by atoms with Gasteiger partial charge >= 0.3 is 5.69 Å². The van der Waals surface area contributed by atoms with Crippen LogP contribution in [0.25, 0.3) is 6.08 Å². The van der Waals surface area contributed by atoms with Crippen molar-refractivity contribution in [2.75, 3.05) is 17.7 Å². The van der Waals surface area contributed by atoms with Crippen molar-refractivity contribution in [1.82, 2.24) is 19.3 Å². The Morgan fingerprint density at radius 1 is 1.18 bits per heavy atom. The predicted octanol–water partition coefficient (Wildman–Crippen LogP) is 2.77. The first-order valence-electron chi connectivity index (χ1n) is 11.3. The van der Waals surface area contributed by atoms with Crippen LogP contribution in [0.2, 0.25) is 0 Å². The summed E-state index contributed by atoms with van der Waals surface area (Å²) in [6.07, 6.45) is 4.65. The molecule has 0 aliphatic heterocycles. The summed E-state index contributed by atoms with van der Waals surface area (Å²) < 4.78 is 3.19. The molecule has 1 amide bonds. The number of nitrogens with one attached hydrogen (secondary N) is 1. The first kappa shape index (κ1) is 24.8. The summed E-state index contributed by atoms with van der Waals surface area (Å²) >= 11 is 0. The molecule has 0 spiro atoms. The molecule has 1 aromatic carbocycles. The fourth-order valence-corrected chi connectivity index (χ4v) is 3.79. The zero-order chi connectivity index (χ0) is 25.0. The van der Waals surface area contributed by atoms with Gasteiger partial charge in [0.05, 0.1) is 12.2 Å². The van der Waals surface area contributed by atoms with Crippen molar-refractivity contribution in [3.05, 3.63) is 79.3 Å². The van der Waals surface area contributed by atoms with Gasteiger partial charge in [-0.05, 0) is 38.8 Å².